The van der Waals surface area contributed by atoms with E-state index in [0.29, 0.717) is 22.8 Å². The Morgan fingerprint density at radius 1 is 1.42 bits per heavy atom. The van der Waals surface area contributed by atoms with Crippen LogP contribution in [0.1, 0.15) is 44.6 Å². The number of thiocarbonyl (C=S) groups is 1. The quantitative estimate of drug-likeness (QED) is 0.527. The molecule has 10 heteroatoms. The predicted octanol–water partition coefficient (Wildman–Crippen LogP) is 2.15. The topological polar surface area (TPSA) is 111 Å². The zero-order chi connectivity index (χ0) is 18.8. The van der Waals surface area contributed by atoms with Crippen LogP contribution in [0.25, 0.3) is 0 Å². The molecule has 2 aromatic rings. The molecule has 0 fully saturated rings. The number of hydrogen-bond donors (Lipinski definition) is 3. The van der Waals surface area contributed by atoms with E-state index >= 15 is 0 Å². The van der Waals surface area contributed by atoms with Gasteiger partial charge in [0.15, 0.2) is 10.8 Å². The van der Waals surface area contributed by atoms with Gasteiger partial charge in [-0.05, 0) is 44.0 Å². The van der Waals surface area contributed by atoms with E-state index in [9.17, 15) is 9.59 Å². The molecule has 0 spiro atoms. The first-order chi connectivity index (χ1) is 12.4. The van der Waals surface area contributed by atoms with Crippen LogP contribution in [0.4, 0.5) is 10.7 Å². The summed E-state index contributed by atoms with van der Waals surface area (Å²) in [5, 5.41) is 11.0. The van der Waals surface area contributed by atoms with E-state index in [1.165, 1.54) is 23.3 Å². The minimum atomic E-state index is -0.646. The Labute approximate surface area is 159 Å². The first kappa shape index (κ1) is 18.3. The molecule has 1 aliphatic carbocycles. The van der Waals surface area contributed by atoms with Crippen molar-refractivity contribution < 1.29 is 14.3 Å². The summed E-state index contributed by atoms with van der Waals surface area (Å²) in [5.74, 6) is -1.03. The highest BCUT2D eigenvalue weighted by atomic mass is 32.1. The van der Waals surface area contributed by atoms with Gasteiger partial charge in [0.2, 0.25) is 0 Å². The van der Waals surface area contributed by atoms with Gasteiger partial charge in [0.05, 0.1) is 18.4 Å². The molecule has 1 amide bonds. The van der Waals surface area contributed by atoms with Crippen LogP contribution in [0.15, 0.2) is 6.20 Å². The third-order valence-corrected chi connectivity index (χ3v) is 5.52. The van der Waals surface area contributed by atoms with Crippen LogP contribution in [-0.4, -0.2) is 33.9 Å². The average molecular weight is 393 g/mol. The van der Waals surface area contributed by atoms with Crippen LogP contribution in [-0.2, 0) is 24.1 Å². The molecule has 26 heavy (non-hydrogen) atoms. The second kappa shape index (κ2) is 7.42. The highest BCUT2D eigenvalue weighted by Gasteiger charge is 2.27. The number of nitrogens with two attached hydrogens (primary N) is 1. The SMILES string of the molecule is CCn1cc(NC(=S)Nc2sc3c(c2C(=O)OC)CCC3)c(C(N)=O)n1. The summed E-state index contributed by atoms with van der Waals surface area (Å²) in [6.07, 6.45) is 4.49. The molecular formula is C16H19N5O3S2. The smallest absolute Gasteiger partial charge is 0.341 e. The number of amides is 1. The highest BCUT2D eigenvalue weighted by Crippen LogP contribution is 2.39. The lowest BCUT2D eigenvalue weighted by molar-refractivity contribution is 0.0601. The highest BCUT2D eigenvalue weighted by molar-refractivity contribution is 7.80. The van der Waals surface area contributed by atoms with Crippen LogP contribution in [0, 0.1) is 0 Å². The van der Waals surface area contributed by atoms with Gasteiger partial charge >= 0.3 is 5.97 Å². The summed E-state index contributed by atoms with van der Waals surface area (Å²) in [4.78, 5) is 24.9. The molecule has 0 bridgehead atoms. The van der Waals surface area contributed by atoms with Gasteiger partial charge in [-0.25, -0.2) is 4.79 Å². The lowest BCUT2D eigenvalue weighted by atomic mass is 10.1. The molecule has 4 N–H and O–H groups in total. The van der Waals surface area contributed by atoms with E-state index in [1.54, 1.807) is 10.9 Å². The second-order valence-electron chi connectivity index (χ2n) is 5.74. The van der Waals surface area contributed by atoms with E-state index in [1.807, 2.05) is 6.92 Å². The Kier molecular flexibility index (Phi) is 5.23. The Bertz CT molecular complexity index is 887. The normalized spacial score (nSPS) is 12.5. The molecule has 0 saturated carbocycles. The first-order valence-electron chi connectivity index (χ1n) is 8.12. The summed E-state index contributed by atoms with van der Waals surface area (Å²) in [6.45, 7) is 2.49. The summed E-state index contributed by atoms with van der Waals surface area (Å²) >= 11 is 6.84. The number of esters is 1. The van der Waals surface area contributed by atoms with E-state index < -0.39 is 5.91 Å². The number of carbonyl (C=O) groups is 2. The van der Waals surface area contributed by atoms with Crippen LogP contribution in [0.2, 0.25) is 0 Å². The molecule has 1 aliphatic rings. The second-order valence-corrected chi connectivity index (χ2v) is 7.26. The molecule has 2 aromatic heterocycles. The van der Waals surface area contributed by atoms with Gasteiger partial charge in [0, 0.05) is 17.6 Å². The van der Waals surface area contributed by atoms with E-state index in [-0.39, 0.29) is 16.8 Å². The molecule has 0 unspecified atom stereocenters. The van der Waals surface area contributed by atoms with Crippen molar-refractivity contribution >= 4 is 51.2 Å². The standard InChI is InChI=1S/C16H19N5O3S2/c1-3-21-7-9(12(20-21)13(17)22)18-16(25)19-14-11(15(23)24-2)8-5-4-6-10(8)26-14/h7H,3-6H2,1-2H3,(H2,17,22)(H2,18,19,25). The molecule has 138 valence electrons. The number of nitrogens with zero attached hydrogens (tertiary/aromatic N) is 2. The van der Waals surface area contributed by atoms with Gasteiger partial charge in [-0.1, -0.05) is 0 Å². The lowest BCUT2D eigenvalue weighted by Crippen LogP contribution is -2.22. The first-order valence-corrected chi connectivity index (χ1v) is 9.35. The maximum Gasteiger partial charge on any atom is 0.341 e. The van der Waals surface area contributed by atoms with E-state index in [4.69, 9.17) is 22.7 Å². The number of primary amides is 1. The number of hydrogen-bond acceptors (Lipinski definition) is 6. The van der Waals surface area contributed by atoms with Crippen LogP contribution >= 0.6 is 23.6 Å². The summed E-state index contributed by atoms with van der Waals surface area (Å²) < 4.78 is 6.51. The largest absolute Gasteiger partial charge is 0.465 e. The van der Waals surface area contributed by atoms with Gasteiger partial charge < -0.3 is 21.1 Å². The molecular weight excluding hydrogens is 374 g/mol. The number of aryl methyl sites for hydroxylation is 2. The minimum absolute atomic E-state index is 0.109. The molecule has 8 nitrogen and oxygen atoms in total. The van der Waals surface area contributed by atoms with E-state index in [2.05, 4.69) is 15.7 Å². The summed E-state index contributed by atoms with van der Waals surface area (Å²) in [6, 6.07) is 0. The number of aromatic nitrogens is 2. The monoisotopic (exact) mass is 393 g/mol. The number of carbonyl (C=O) groups excluding carboxylic acids is 2. The third-order valence-electron chi connectivity index (χ3n) is 4.11. The van der Waals surface area contributed by atoms with Gasteiger partial charge in [-0.15, -0.1) is 11.3 Å². The molecule has 0 saturated heterocycles. The molecule has 2 heterocycles. The third kappa shape index (κ3) is 3.42. The molecule has 0 aliphatic heterocycles. The average Bonchev–Trinajstić information content (AvgIpc) is 3.28. The van der Waals surface area contributed by atoms with Crippen molar-refractivity contribution in [1.29, 1.82) is 0 Å². The van der Waals surface area contributed by atoms with Crippen LogP contribution in [0.3, 0.4) is 0 Å². The number of ether oxygens (including phenoxy) is 1. The van der Waals surface area contributed by atoms with Gasteiger partial charge in [0.1, 0.15) is 5.00 Å². The summed E-state index contributed by atoms with van der Waals surface area (Å²) in [5.41, 5.74) is 7.46. The fourth-order valence-corrected chi connectivity index (χ4v) is 4.48. The zero-order valence-electron chi connectivity index (χ0n) is 14.4. The molecule has 0 atom stereocenters. The number of methoxy groups -OCH3 is 1. The number of anilines is 2. The molecule has 0 aromatic carbocycles. The fourth-order valence-electron chi connectivity index (χ4n) is 2.92. The maximum absolute atomic E-state index is 12.2. The van der Waals surface area contributed by atoms with Gasteiger partial charge in [-0.3, -0.25) is 9.48 Å². The van der Waals surface area contributed by atoms with Gasteiger partial charge in [0.25, 0.3) is 5.91 Å². The zero-order valence-corrected chi connectivity index (χ0v) is 16.1. The fraction of sp³-hybridized carbons (Fsp3) is 0.375. The molecule has 0 radical (unpaired) electrons. The maximum atomic E-state index is 12.2. The predicted molar refractivity (Wildman–Crippen MR) is 104 cm³/mol. The Morgan fingerprint density at radius 3 is 2.85 bits per heavy atom. The van der Waals surface area contributed by atoms with Crippen molar-refractivity contribution in [2.45, 2.75) is 32.7 Å². The number of thiophene rings is 1. The Hall–Kier alpha value is -2.46. The Balaban J connectivity index is 1.82. The van der Waals surface area contributed by atoms with Crippen LogP contribution in [0.5, 0.6) is 0 Å². The molecule has 3 rings (SSSR count). The van der Waals surface area contributed by atoms with Crippen molar-refractivity contribution in [1.82, 2.24) is 9.78 Å². The summed E-state index contributed by atoms with van der Waals surface area (Å²) in [7, 11) is 1.36. The van der Waals surface area contributed by atoms with Crippen molar-refractivity contribution in [2.24, 2.45) is 5.73 Å². The number of fused-ring (bicyclic) bond motifs is 1. The lowest BCUT2D eigenvalue weighted by Gasteiger charge is -2.10. The van der Waals surface area contributed by atoms with E-state index in [0.717, 1.165) is 24.8 Å². The van der Waals surface area contributed by atoms with Crippen molar-refractivity contribution in [3.63, 3.8) is 0 Å². The minimum Gasteiger partial charge on any atom is -0.465 e. The number of nitrogens with one attached hydrogen (secondary N) is 2. The van der Waals surface area contributed by atoms with Crippen LogP contribution < -0.4 is 16.4 Å². The van der Waals surface area contributed by atoms with Crippen molar-refractivity contribution in [2.75, 3.05) is 17.7 Å². The van der Waals surface area contributed by atoms with Crippen molar-refractivity contribution in [3.05, 3.63) is 27.9 Å². The van der Waals surface area contributed by atoms with Gasteiger partial charge in [-0.2, -0.15) is 5.10 Å². The Morgan fingerprint density at radius 2 is 2.19 bits per heavy atom. The number of rotatable bonds is 5. The van der Waals surface area contributed by atoms with Crippen molar-refractivity contribution in [3.8, 4) is 0 Å².